The van der Waals surface area contributed by atoms with E-state index in [0.29, 0.717) is 17.1 Å². The topological polar surface area (TPSA) is 204 Å². The second kappa shape index (κ2) is 13.1. The van der Waals surface area contributed by atoms with Crippen LogP contribution in [-0.4, -0.2) is 39.1 Å². The number of nitrogens with one attached hydrogen (secondary N) is 2. The van der Waals surface area contributed by atoms with Crippen molar-refractivity contribution in [2.75, 3.05) is 27.2 Å². The maximum Gasteiger partial charge on any atom is 0.323 e. The molecule has 2 amide bonds. The first-order valence-electron chi connectivity index (χ1n) is 14.1. The minimum Gasteiger partial charge on any atom is -0.507 e. The lowest BCUT2D eigenvalue weighted by Crippen LogP contribution is -2.30. The molecule has 5 rings (SSSR count). The summed E-state index contributed by atoms with van der Waals surface area (Å²) < 4.78 is 61.8. The number of amides is 2. The summed E-state index contributed by atoms with van der Waals surface area (Å²) in [4.78, 5) is 11.8. The second-order valence-corrected chi connectivity index (χ2v) is 13.6. The molecular formula is C32H30N6O7S2. The number of urea groups is 1. The number of fused-ring (bicyclic) bond motifs is 1. The highest BCUT2D eigenvalue weighted by Gasteiger charge is 2.27. The van der Waals surface area contributed by atoms with Crippen LogP contribution < -0.4 is 20.7 Å². The molecular weight excluding hydrogens is 645 g/mol. The molecule has 5 aromatic carbocycles. The standard InChI is InChI=1S/C32H30N6O7S2/c1-3-38(24-15-13-23(14-16-24)35-32(40)34-22-11-8-20(2)9-12-22)46(41,42)29-7-5-4-6-27(29)36-37-31-26(33)17-10-21-18-25(47(43,44)45)19-28(39)30(21)31/h4-19,39H,3,33H2,1-2H3,(H2,34,35,40)(H,43,44,45). The number of nitrogens with zero attached hydrogens (tertiary/aromatic N) is 3. The predicted octanol–water partition coefficient (Wildman–Crippen LogP) is 6.96. The van der Waals surface area contributed by atoms with Crippen LogP contribution in [0.15, 0.2) is 117 Å². The van der Waals surface area contributed by atoms with Crippen LogP contribution in [0.5, 0.6) is 5.75 Å². The van der Waals surface area contributed by atoms with E-state index in [1.807, 2.05) is 19.1 Å². The Morgan fingerprint density at radius 1 is 0.851 bits per heavy atom. The second-order valence-electron chi connectivity index (χ2n) is 10.3. The molecule has 0 fully saturated rings. The number of anilines is 4. The van der Waals surface area contributed by atoms with Crippen LogP contribution in [-0.2, 0) is 20.1 Å². The van der Waals surface area contributed by atoms with Gasteiger partial charge in [0.1, 0.15) is 22.0 Å². The van der Waals surface area contributed by atoms with E-state index in [0.717, 1.165) is 17.7 Å². The lowest BCUT2D eigenvalue weighted by Gasteiger charge is -2.23. The van der Waals surface area contributed by atoms with Crippen molar-refractivity contribution >= 4 is 71.1 Å². The molecule has 0 heterocycles. The molecule has 0 unspecified atom stereocenters. The number of sulfonamides is 1. The molecule has 0 spiro atoms. The average molecular weight is 675 g/mol. The first kappa shape index (κ1) is 32.9. The zero-order valence-electron chi connectivity index (χ0n) is 25.1. The van der Waals surface area contributed by atoms with Crippen LogP contribution in [0.25, 0.3) is 10.8 Å². The number of aryl methyl sites for hydroxylation is 1. The zero-order chi connectivity index (χ0) is 33.9. The van der Waals surface area contributed by atoms with Crippen molar-refractivity contribution in [2.24, 2.45) is 10.2 Å². The third-order valence-corrected chi connectivity index (χ3v) is 9.85. The lowest BCUT2D eigenvalue weighted by molar-refractivity contribution is 0.262. The Labute approximate surface area is 271 Å². The van der Waals surface area contributed by atoms with Gasteiger partial charge in [-0.15, -0.1) is 10.2 Å². The van der Waals surface area contributed by atoms with Crippen molar-refractivity contribution in [3.63, 3.8) is 0 Å². The third kappa shape index (κ3) is 7.17. The molecule has 0 radical (unpaired) electrons. The largest absolute Gasteiger partial charge is 0.507 e. The molecule has 5 aromatic rings. The van der Waals surface area contributed by atoms with Gasteiger partial charge < -0.3 is 21.5 Å². The maximum absolute atomic E-state index is 14.0. The third-order valence-electron chi connectivity index (χ3n) is 7.07. The van der Waals surface area contributed by atoms with E-state index >= 15 is 0 Å². The van der Waals surface area contributed by atoms with E-state index in [9.17, 15) is 31.3 Å². The molecule has 0 saturated heterocycles. The van der Waals surface area contributed by atoms with E-state index in [4.69, 9.17) is 5.73 Å². The fourth-order valence-electron chi connectivity index (χ4n) is 4.78. The van der Waals surface area contributed by atoms with Gasteiger partial charge in [0.25, 0.3) is 20.1 Å². The first-order valence-corrected chi connectivity index (χ1v) is 17.0. The van der Waals surface area contributed by atoms with Crippen LogP contribution >= 0.6 is 0 Å². The van der Waals surface area contributed by atoms with E-state index in [1.165, 1.54) is 34.6 Å². The highest BCUT2D eigenvalue weighted by atomic mass is 32.2. The zero-order valence-corrected chi connectivity index (χ0v) is 26.7. The molecule has 242 valence electrons. The monoisotopic (exact) mass is 674 g/mol. The van der Waals surface area contributed by atoms with Crippen LogP contribution in [0.3, 0.4) is 0 Å². The van der Waals surface area contributed by atoms with Crippen molar-refractivity contribution in [2.45, 2.75) is 23.6 Å². The van der Waals surface area contributed by atoms with Gasteiger partial charge in [-0.05, 0) is 79.9 Å². The summed E-state index contributed by atoms with van der Waals surface area (Å²) in [5.74, 6) is -0.528. The predicted molar refractivity (Wildman–Crippen MR) is 181 cm³/mol. The summed E-state index contributed by atoms with van der Waals surface area (Å²) in [6.07, 6.45) is 0. The fourth-order valence-corrected chi connectivity index (χ4v) is 6.92. The highest BCUT2D eigenvalue weighted by Crippen LogP contribution is 2.41. The lowest BCUT2D eigenvalue weighted by atomic mass is 10.1. The number of nitrogens with two attached hydrogens (primary N) is 1. The molecule has 0 aromatic heterocycles. The minimum absolute atomic E-state index is 0.0255. The molecule has 6 N–H and O–H groups in total. The van der Waals surface area contributed by atoms with Gasteiger partial charge >= 0.3 is 6.03 Å². The fraction of sp³-hybridized carbons (Fsp3) is 0.0938. The first-order chi connectivity index (χ1) is 22.3. The SMILES string of the molecule is CCN(c1ccc(NC(=O)Nc2ccc(C)cc2)cc1)S(=O)(=O)c1ccccc1N=Nc1c(N)ccc2cc(S(=O)(=O)O)cc(O)c12. The maximum atomic E-state index is 14.0. The van der Waals surface area contributed by atoms with Crippen molar-refractivity contribution in [3.8, 4) is 5.75 Å². The van der Waals surface area contributed by atoms with Gasteiger partial charge in [0.05, 0.1) is 21.7 Å². The van der Waals surface area contributed by atoms with Gasteiger partial charge in [-0.1, -0.05) is 35.9 Å². The minimum atomic E-state index is -4.61. The van der Waals surface area contributed by atoms with Gasteiger partial charge in [-0.2, -0.15) is 8.42 Å². The van der Waals surface area contributed by atoms with Gasteiger partial charge in [-0.3, -0.25) is 8.86 Å². The number of nitrogen functional groups attached to an aromatic ring is 1. The number of hydrogen-bond donors (Lipinski definition) is 5. The van der Waals surface area contributed by atoms with Crippen LogP contribution in [0.2, 0.25) is 0 Å². The highest BCUT2D eigenvalue weighted by molar-refractivity contribution is 7.93. The number of phenolic OH excluding ortho intramolecular Hbond substituents is 1. The Kier molecular flexibility index (Phi) is 9.15. The van der Waals surface area contributed by atoms with Crippen molar-refractivity contribution in [3.05, 3.63) is 103 Å². The number of carbonyl (C=O) groups excluding carboxylic acids is 1. The summed E-state index contributed by atoms with van der Waals surface area (Å²) in [5.41, 5.74) is 8.59. The molecule has 0 aliphatic rings. The van der Waals surface area contributed by atoms with Gasteiger partial charge in [-0.25, -0.2) is 13.2 Å². The molecule has 15 heteroatoms. The van der Waals surface area contributed by atoms with E-state index in [1.54, 1.807) is 49.4 Å². The van der Waals surface area contributed by atoms with E-state index in [-0.39, 0.29) is 39.3 Å². The molecule has 0 atom stereocenters. The van der Waals surface area contributed by atoms with E-state index in [2.05, 4.69) is 20.9 Å². The molecule has 47 heavy (non-hydrogen) atoms. The summed E-state index contributed by atoms with van der Waals surface area (Å²) in [6, 6.07) is 23.9. The molecule has 13 nitrogen and oxygen atoms in total. The number of rotatable bonds is 9. The summed E-state index contributed by atoms with van der Waals surface area (Å²) >= 11 is 0. The van der Waals surface area contributed by atoms with Crippen molar-refractivity contribution < 1.29 is 31.3 Å². The number of aromatic hydroxyl groups is 1. The van der Waals surface area contributed by atoms with Crippen LogP contribution in [0, 0.1) is 6.92 Å². The Morgan fingerprint density at radius 3 is 2.09 bits per heavy atom. The number of azo groups is 1. The average Bonchev–Trinajstić information content (AvgIpc) is 3.02. The van der Waals surface area contributed by atoms with Gasteiger partial charge in [0.2, 0.25) is 0 Å². The summed E-state index contributed by atoms with van der Waals surface area (Å²) in [5, 5.41) is 24.6. The quantitative estimate of drug-likeness (QED) is 0.0626. The number of benzene rings is 5. The summed E-state index contributed by atoms with van der Waals surface area (Å²) in [7, 11) is -8.81. The Hall–Kier alpha value is -5.51. The van der Waals surface area contributed by atoms with Crippen LogP contribution in [0.1, 0.15) is 12.5 Å². The Balaban J connectivity index is 1.42. The number of phenols is 1. The normalized spacial score (nSPS) is 11.9. The molecule has 0 bridgehead atoms. The molecule has 0 aliphatic carbocycles. The van der Waals surface area contributed by atoms with Crippen molar-refractivity contribution in [1.82, 2.24) is 0 Å². The Bertz CT molecular complexity index is 2220. The van der Waals surface area contributed by atoms with Gasteiger partial charge in [0.15, 0.2) is 0 Å². The molecule has 0 aliphatic heterocycles. The van der Waals surface area contributed by atoms with E-state index < -0.39 is 36.8 Å². The smallest absolute Gasteiger partial charge is 0.323 e. The Morgan fingerprint density at radius 2 is 1.47 bits per heavy atom. The molecule has 0 saturated carbocycles. The number of carbonyl (C=O) groups is 1. The van der Waals surface area contributed by atoms with Crippen molar-refractivity contribution in [1.29, 1.82) is 0 Å². The summed E-state index contributed by atoms with van der Waals surface area (Å²) in [6.45, 7) is 3.68. The van der Waals surface area contributed by atoms with Gasteiger partial charge in [0, 0.05) is 24.0 Å². The van der Waals surface area contributed by atoms with Crippen LogP contribution in [0.4, 0.5) is 38.9 Å². The number of hydrogen-bond acceptors (Lipinski definition) is 9.